The van der Waals surface area contributed by atoms with Crippen LogP contribution in [0.2, 0.25) is 0 Å². The zero-order chi connectivity index (χ0) is 15.7. The molecular formula is C14H15F3N4O. The quantitative estimate of drug-likeness (QED) is 0.793. The van der Waals surface area contributed by atoms with Crippen LogP contribution in [-0.4, -0.2) is 42.2 Å². The van der Waals surface area contributed by atoms with E-state index < -0.39 is 12.3 Å². The first-order chi connectivity index (χ1) is 10.5. The molecular weight excluding hydrogens is 297 g/mol. The Balaban J connectivity index is 1.93. The third kappa shape index (κ3) is 2.73. The van der Waals surface area contributed by atoms with Crippen molar-refractivity contribution in [1.29, 1.82) is 5.26 Å². The van der Waals surface area contributed by atoms with Gasteiger partial charge in [0.15, 0.2) is 11.9 Å². The van der Waals surface area contributed by atoms with Crippen LogP contribution < -0.4 is 4.90 Å². The molecule has 0 saturated carbocycles. The number of anilines is 1. The van der Waals surface area contributed by atoms with Crippen LogP contribution in [0.25, 0.3) is 0 Å². The Kier molecular flexibility index (Phi) is 3.91. The van der Waals surface area contributed by atoms with E-state index in [9.17, 15) is 18.4 Å². The summed E-state index contributed by atoms with van der Waals surface area (Å²) < 4.78 is 43.3. The number of aryl methyl sites for hydroxylation is 1. The molecule has 1 aliphatic heterocycles. The zero-order valence-corrected chi connectivity index (χ0v) is 11.9. The van der Waals surface area contributed by atoms with Crippen molar-refractivity contribution >= 4 is 5.82 Å². The normalized spacial score (nSPS) is 22.1. The van der Waals surface area contributed by atoms with Crippen LogP contribution >= 0.6 is 0 Å². The lowest BCUT2D eigenvalue weighted by Gasteiger charge is -2.35. The maximum absolute atomic E-state index is 12.8. The Morgan fingerprint density at radius 3 is 2.73 bits per heavy atom. The second kappa shape index (κ2) is 5.72. The molecule has 1 atom stereocenters. The lowest BCUT2D eigenvalue weighted by atomic mass is 9.93. The molecule has 5 nitrogen and oxygen atoms in total. The van der Waals surface area contributed by atoms with Crippen LogP contribution in [-0.2, 0) is 17.6 Å². The molecule has 0 aromatic carbocycles. The number of rotatable bonds is 1. The maximum Gasteiger partial charge on any atom is 0.416 e. The van der Waals surface area contributed by atoms with Gasteiger partial charge < -0.3 is 9.64 Å². The molecule has 0 bridgehead atoms. The minimum atomic E-state index is -4.42. The second-order valence-corrected chi connectivity index (χ2v) is 5.49. The summed E-state index contributed by atoms with van der Waals surface area (Å²) in [6.45, 7) is -0.131. The van der Waals surface area contributed by atoms with Crippen LogP contribution in [0.3, 0.4) is 0 Å². The zero-order valence-electron chi connectivity index (χ0n) is 11.9. The number of hydrogen-bond acceptors (Lipinski definition) is 5. The van der Waals surface area contributed by atoms with Crippen molar-refractivity contribution in [2.24, 2.45) is 0 Å². The van der Waals surface area contributed by atoms with E-state index in [1.54, 1.807) is 0 Å². The number of alkyl halides is 3. The van der Waals surface area contributed by atoms with Crippen LogP contribution in [0, 0.1) is 11.3 Å². The van der Waals surface area contributed by atoms with E-state index in [0.29, 0.717) is 5.56 Å². The average molecular weight is 312 g/mol. The molecule has 1 aromatic rings. The van der Waals surface area contributed by atoms with Gasteiger partial charge in [-0.15, -0.1) is 5.10 Å². The summed E-state index contributed by atoms with van der Waals surface area (Å²) in [4.78, 5) is 1.46. The SMILES string of the molecule is N#Cc1c(N2CCO[C@H](C(F)(F)F)C2)nnc2c1CCCC2. The van der Waals surface area contributed by atoms with Crippen molar-refractivity contribution in [1.82, 2.24) is 10.2 Å². The van der Waals surface area contributed by atoms with Gasteiger partial charge in [-0.3, -0.25) is 0 Å². The van der Waals surface area contributed by atoms with E-state index in [2.05, 4.69) is 16.3 Å². The summed E-state index contributed by atoms with van der Waals surface area (Å²) in [5.41, 5.74) is 2.01. The molecule has 0 radical (unpaired) electrons. The molecule has 0 N–H and O–H groups in total. The fourth-order valence-corrected chi connectivity index (χ4v) is 2.94. The first-order valence-corrected chi connectivity index (χ1v) is 7.22. The summed E-state index contributed by atoms with van der Waals surface area (Å²) in [6, 6.07) is 2.11. The molecule has 22 heavy (non-hydrogen) atoms. The fraction of sp³-hybridized carbons (Fsp3) is 0.643. The summed E-state index contributed by atoms with van der Waals surface area (Å²) in [5.74, 6) is 0.251. The predicted molar refractivity (Wildman–Crippen MR) is 71.4 cm³/mol. The van der Waals surface area contributed by atoms with Crippen LogP contribution in [0.5, 0.6) is 0 Å². The molecule has 118 valence electrons. The molecule has 3 rings (SSSR count). The first-order valence-electron chi connectivity index (χ1n) is 7.22. The third-order valence-corrected chi connectivity index (χ3v) is 4.07. The summed E-state index contributed by atoms with van der Waals surface area (Å²) in [6.07, 6.45) is -2.82. The van der Waals surface area contributed by atoms with E-state index in [4.69, 9.17) is 4.74 Å². The average Bonchev–Trinajstić information content (AvgIpc) is 2.53. The van der Waals surface area contributed by atoms with Crippen molar-refractivity contribution in [3.05, 3.63) is 16.8 Å². The Bertz CT molecular complexity index is 611. The van der Waals surface area contributed by atoms with Crippen molar-refractivity contribution in [3.8, 4) is 6.07 Å². The van der Waals surface area contributed by atoms with Crippen molar-refractivity contribution < 1.29 is 17.9 Å². The van der Waals surface area contributed by atoms with Crippen molar-refractivity contribution in [2.75, 3.05) is 24.6 Å². The summed E-state index contributed by atoms with van der Waals surface area (Å²) in [5, 5.41) is 17.6. The molecule has 1 saturated heterocycles. The van der Waals surface area contributed by atoms with E-state index in [1.807, 2.05) is 0 Å². The monoisotopic (exact) mass is 312 g/mol. The molecule has 0 spiro atoms. The number of nitriles is 1. The number of morpholine rings is 1. The number of halogens is 3. The highest BCUT2D eigenvalue weighted by molar-refractivity contribution is 5.58. The lowest BCUT2D eigenvalue weighted by molar-refractivity contribution is -0.221. The van der Waals surface area contributed by atoms with Gasteiger partial charge in [0, 0.05) is 6.54 Å². The molecule has 2 aliphatic rings. The van der Waals surface area contributed by atoms with E-state index >= 15 is 0 Å². The van der Waals surface area contributed by atoms with Crippen molar-refractivity contribution in [2.45, 2.75) is 38.0 Å². The van der Waals surface area contributed by atoms with Gasteiger partial charge in [-0.05, 0) is 31.2 Å². The minimum Gasteiger partial charge on any atom is -0.365 e. The molecule has 8 heteroatoms. The molecule has 1 fully saturated rings. The highest BCUT2D eigenvalue weighted by Gasteiger charge is 2.44. The van der Waals surface area contributed by atoms with Crippen LogP contribution in [0.1, 0.15) is 29.7 Å². The molecule has 0 unspecified atom stereocenters. The van der Waals surface area contributed by atoms with Crippen LogP contribution in [0.15, 0.2) is 0 Å². The van der Waals surface area contributed by atoms with Gasteiger partial charge in [0.25, 0.3) is 0 Å². The largest absolute Gasteiger partial charge is 0.416 e. The predicted octanol–water partition coefficient (Wildman–Crippen LogP) is 1.99. The third-order valence-electron chi connectivity index (χ3n) is 4.07. The standard InChI is InChI=1S/C14H15F3N4O/c15-14(16,17)12-8-21(5-6-22-12)13-10(7-18)9-3-1-2-4-11(9)19-20-13/h12H,1-6,8H2/t12-/m0/s1. The number of fused-ring (bicyclic) bond motifs is 1. The van der Waals surface area contributed by atoms with E-state index in [1.165, 1.54) is 4.90 Å². The second-order valence-electron chi connectivity index (χ2n) is 5.49. The van der Waals surface area contributed by atoms with E-state index in [0.717, 1.165) is 36.9 Å². The molecule has 1 aliphatic carbocycles. The Morgan fingerprint density at radius 2 is 2.00 bits per heavy atom. The number of hydrogen-bond donors (Lipinski definition) is 0. The molecule has 0 amide bonds. The van der Waals surface area contributed by atoms with Gasteiger partial charge in [0.1, 0.15) is 11.6 Å². The lowest BCUT2D eigenvalue weighted by Crippen LogP contribution is -2.49. The van der Waals surface area contributed by atoms with Gasteiger partial charge in [-0.2, -0.15) is 23.5 Å². The molecule has 2 heterocycles. The van der Waals surface area contributed by atoms with E-state index in [-0.39, 0.29) is 25.5 Å². The highest BCUT2D eigenvalue weighted by Crippen LogP contribution is 2.31. The number of aromatic nitrogens is 2. The molecule has 1 aromatic heterocycles. The fourth-order valence-electron chi connectivity index (χ4n) is 2.94. The Morgan fingerprint density at radius 1 is 1.23 bits per heavy atom. The van der Waals surface area contributed by atoms with Gasteiger partial charge in [-0.1, -0.05) is 0 Å². The summed E-state index contributed by atoms with van der Waals surface area (Å²) in [7, 11) is 0. The van der Waals surface area contributed by atoms with Gasteiger partial charge in [0.05, 0.1) is 18.8 Å². The van der Waals surface area contributed by atoms with Gasteiger partial charge >= 0.3 is 6.18 Å². The smallest absolute Gasteiger partial charge is 0.365 e. The topological polar surface area (TPSA) is 62.0 Å². The Hall–Kier alpha value is -1.88. The van der Waals surface area contributed by atoms with Gasteiger partial charge in [0.2, 0.25) is 0 Å². The Labute approximate surface area is 125 Å². The maximum atomic E-state index is 12.8. The first kappa shape index (κ1) is 15.0. The number of nitrogens with zero attached hydrogens (tertiary/aromatic N) is 4. The van der Waals surface area contributed by atoms with Crippen LogP contribution in [0.4, 0.5) is 19.0 Å². The highest BCUT2D eigenvalue weighted by atomic mass is 19.4. The van der Waals surface area contributed by atoms with Gasteiger partial charge in [-0.25, -0.2) is 0 Å². The summed E-state index contributed by atoms with van der Waals surface area (Å²) >= 11 is 0. The minimum absolute atomic E-state index is 0.0478. The van der Waals surface area contributed by atoms with Crippen molar-refractivity contribution in [3.63, 3.8) is 0 Å². The number of ether oxygens (including phenoxy) is 1.